The van der Waals surface area contributed by atoms with Gasteiger partial charge in [0.1, 0.15) is 15.8 Å². The number of unbranched alkanes of at least 4 members (excludes halogenated alkanes) is 2. The average Bonchev–Trinajstić information content (AvgIpc) is 3.01. The van der Waals surface area contributed by atoms with Crippen LogP contribution in [0.25, 0.3) is 6.08 Å². The van der Waals surface area contributed by atoms with Gasteiger partial charge in [-0.2, -0.15) is 0 Å². The Morgan fingerprint density at radius 3 is 2.68 bits per heavy atom. The van der Waals surface area contributed by atoms with Crippen LogP contribution in [0, 0.1) is 0 Å². The summed E-state index contributed by atoms with van der Waals surface area (Å²) in [6, 6.07) is 14.0. The van der Waals surface area contributed by atoms with Crippen molar-refractivity contribution in [3.63, 3.8) is 0 Å². The second kappa shape index (κ2) is 11.0. The largest absolute Gasteiger partial charge is 0.508 e. The second-order valence-corrected chi connectivity index (χ2v) is 8.69. The molecule has 1 fully saturated rings. The maximum atomic E-state index is 12.7. The van der Waals surface area contributed by atoms with Crippen molar-refractivity contribution in [3.05, 3.63) is 59.0 Å². The van der Waals surface area contributed by atoms with Crippen molar-refractivity contribution in [1.29, 1.82) is 0 Å². The number of hydrogen-bond donors (Lipinski definition) is 2. The number of methoxy groups -OCH3 is 1. The Kier molecular flexibility index (Phi) is 8.08. The van der Waals surface area contributed by atoms with E-state index in [2.05, 4.69) is 5.32 Å². The van der Waals surface area contributed by atoms with Gasteiger partial charge in [0.25, 0.3) is 5.91 Å². The molecule has 0 radical (unpaired) electrons. The molecular formula is C23H24N2O4S2. The van der Waals surface area contributed by atoms with E-state index in [1.54, 1.807) is 30.2 Å². The van der Waals surface area contributed by atoms with E-state index in [0.717, 1.165) is 24.2 Å². The van der Waals surface area contributed by atoms with Gasteiger partial charge in [0.2, 0.25) is 5.91 Å². The molecule has 2 N–H and O–H groups in total. The number of carbonyl (C=O) groups excluding carboxylic acids is 2. The van der Waals surface area contributed by atoms with Crippen molar-refractivity contribution in [2.75, 3.05) is 19.0 Å². The van der Waals surface area contributed by atoms with Gasteiger partial charge in [-0.15, -0.1) is 0 Å². The number of carbonyl (C=O) groups is 2. The van der Waals surface area contributed by atoms with Crippen LogP contribution in [0.3, 0.4) is 0 Å². The minimum Gasteiger partial charge on any atom is -0.508 e. The Hall–Kier alpha value is -2.84. The van der Waals surface area contributed by atoms with E-state index in [-0.39, 0.29) is 17.6 Å². The van der Waals surface area contributed by atoms with Crippen LogP contribution in [0.5, 0.6) is 11.5 Å². The molecule has 0 saturated carbocycles. The maximum Gasteiger partial charge on any atom is 0.266 e. The highest BCUT2D eigenvalue weighted by Gasteiger charge is 2.31. The molecule has 1 saturated heterocycles. The molecule has 162 valence electrons. The fraction of sp³-hybridized carbons (Fsp3) is 0.261. The molecule has 1 aliphatic rings. The van der Waals surface area contributed by atoms with Crippen molar-refractivity contribution < 1.29 is 19.4 Å². The van der Waals surface area contributed by atoms with Gasteiger partial charge in [0, 0.05) is 24.7 Å². The minimum atomic E-state index is -0.0985. The van der Waals surface area contributed by atoms with Crippen LogP contribution in [0.2, 0.25) is 0 Å². The van der Waals surface area contributed by atoms with E-state index in [0.29, 0.717) is 34.3 Å². The van der Waals surface area contributed by atoms with Gasteiger partial charge in [-0.1, -0.05) is 48.6 Å². The minimum absolute atomic E-state index is 0.0764. The molecule has 0 aromatic heterocycles. The van der Waals surface area contributed by atoms with E-state index in [1.165, 1.54) is 17.8 Å². The van der Waals surface area contributed by atoms with Gasteiger partial charge in [0.05, 0.1) is 12.0 Å². The normalized spacial score (nSPS) is 14.9. The molecule has 2 amide bonds. The van der Waals surface area contributed by atoms with Crippen LogP contribution in [0.4, 0.5) is 5.69 Å². The third-order valence-electron chi connectivity index (χ3n) is 4.70. The third-order valence-corrected chi connectivity index (χ3v) is 6.08. The molecule has 3 rings (SSSR count). The molecule has 6 nitrogen and oxygen atoms in total. The number of amides is 2. The Bertz CT molecular complexity index is 989. The van der Waals surface area contributed by atoms with Gasteiger partial charge >= 0.3 is 0 Å². The van der Waals surface area contributed by atoms with Crippen LogP contribution in [0.1, 0.15) is 31.2 Å². The number of ether oxygens (including phenoxy) is 1. The first-order chi connectivity index (χ1) is 15.0. The van der Waals surface area contributed by atoms with Crippen LogP contribution in [-0.4, -0.2) is 39.8 Å². The number of thiocarbonyl (C=S) groups is 1. The summed E-state index contributed by atoms with van der Waals surface area (Å²) in [5.74, 6) is 0.703. The molecule has 0 spiro atoms. The molecule has 0 bridgehead atoms. The van der Waals surface area contributed by atoms with E-state index in [9.17, 15) is 14.7 Å². The number of nitrogens with zero attached hydrogens (tertiary/aromatic N) is 1. The van der Waals surface area contributed by atoms with Gasteiger partial charge in [-0.3, -0.25) is 14.5 Å². The number of hydrogen-bond acceptors (Lipinski definition) is 6. The topological polar surface area (TPSA) is 78.9 Å². The standard InChI is InChI=1S/C23H24N2O4S2/c1-29-19-11-9-16(10-12-19)14-20-22(28)25(23(30)31-20)13-4-2-3-8-21(27)24-17-6-5-7-18(26)15-17/h5-7,9-12,14-15,26H,2-4,8,13H2,1H3,(H,24,27)/b20-14-. The van der Waals surface area contributed by atoms with Crippen molar-refractivity contribution in [1.82, 2.24) is 4.90 Å². The highest BCUT2D eigenvalue weighted by molar-refractivity contribution is 8.26. The zero-order chi connectivity index (χ0) is 22.2. The molecule has 8 heteroatoms. The SMILES string of the molecule is COc1ccc(/C=C2\SC(=S)N(CCCCCC(=O)Nc3cccc(O)c3)C2=O)cc1. The molecule has 31 heavy (non-hydrogen) atoms. The number of phenolic OH excluding ortho intramolecular Hbond substituents is 1. The van der Waals surface area contributed by atoms with Gasteiger partial charge in [-0.05, 0) is 48.7 Å². The predicted octanol–water partition coefficient (Wildman–Crippen LogP) is 4.80. The van der Waals surface area contributed by atoms with Crippen LogP contribution in [0.15, 0.2) is 53.4 Å². The summed E-state index contributed by atoms with van der Waals surface area (Å²) >= 11 is 6.69. The highest BCUT2D eigenvalue weighted by atomic mass is 32.2. The smallest absolute Gasteiger partial charge is 0.266 e. The molecule has 0 atom stereocenters. The summed E-state index contributed by atoms with van der Waals surface area (Å²) in [6.45, 7) is 0.540. The first-order valence-corrected chi connectivity index (χ1v) is 11.2. The summed E-state index contributed by atoms with van der Waals surface area (Å²) in [6.07, 6.45) is 4.50. The van der Waals surface area contributed by atoms with E-state index in [1.807, 2.05) is 30.3 Å². The van der Waals surface area contributed by atoms with Crippen LogP contribution in [-0.2, 0) is 9.59 Å². The third kappa shape index (κ3) is 6.57. The maximum absolute atomic E-state index is 12.7. The van der Waals surface area contributed by atoms with E-state index >= 15 is 0 Å². The lowest BCUT2D eigenvalue weighted by Gasteiger charge is -2.14. The summed E-state index contributed by atoms with van der Waals surface area (Å²) in [4.78, 5) is 26.9. The molecule has 1 heterocycles. The molecule has 2 aromatic rings. The van der Waals surface area contributed by atoms with Crippen molar-refractivity contribution in [2.45, 2.75) is 25.7 Å². The lowest BCUT2D eigenvalue weighted by Crippen LogP contribution is -2.29. The number of anilines is 1. The first kappa shape index (κ1) is 22.8. The number of phenols is 1. The fourth-order valence-corrected chi connectivity index (χ4v) is 4.39. The number of benzene rings is 2. The Balaban J connectivity index is 1.42. The quantitative estimate of drug-likeness (QED) is 0.321. The van der Waals surface area contributed by atoms with Gasteiger partial charge in [0.15, 0.2) is 0 Å². The number of thioether (sulfide) groups is 1. The molecule has 2 aromatic carbocycles. The molecule has 0 aliphatic carbocycles. The predicted molar refractivity (Wildman–Crippen MR) is 128 cm³/mol. The van der Waals surface area contributed by atoms with E-state index < -0.39 is 0 Å². The zero-order valence-electron chi connectivity index (χ0n) is 17.2. The Morgan fingerprint density at radius 2 is 1.97 bits per heavy atom. The van der Waals surface area contributed by atoms with Crippen molar-refractivity contribution in [3.8, 4) is 11.5 Å². The Morgan fingerprint density at radius 1 is 1.19 bits per heavy atom. The van der Waals surface area contributed by atoms with Gasteiger partial charge < -0.3 is 15.2 Å². The monoisotopic (exact) mass is 456 g/mol. The summed E-state index contributed by atoms with van der Waals surface area (Å²) in [5, 5.41) is 12.2. The van der Waals surface area contributed by atoms with Crippen LogP contribution < -0.4 is 10.1 Å². The lowest BCUT2D eigenvalue weighted by molar-refractivity contribution is -0.122. The summed E-state index contributed by atoms with van der Waals surface area (Å²) in [5.41, 5.74) is 1.49. The number of rotatable bonds is 9. The van der Waals surface area contributed by atoms with Crippen molar-refractivity contribution >= 4 is 51.9 Å². The number of aromatic hydroxyl groups is 1. The van der Waals surface area contributed by atoms with Gasteiger partial charge in [-0.25, -0.2) is 0 Å². The molecule has 1 aliphatic heterocycles. The number of nitrogens with one attached hydrogen (secondary N) is 1. The molecule has 0 unspecified atom stereocenters. The highest BCUT2D eigenvalue weighted by Crippen LogP contribution is 2.33. The zero-order valence-corrected chi connectivity index (χ0v) is 18.8. The van der Waals surface area contributed by atoms with E-state index in [4.69, 9.17) is 17.0 Å². The van der Waals surface area contributed by atoms with Crippen LogP contribution >= 0.6 is 24.0 Å². The summed E-state index contributed by atoms with van der Waals surface area (Å²) in [7, 11) is 1.61. The van der Waals surface area contributed by atoms with Crippen molar-refractivity contribution in [2.24, 2.45) is 0 Å². The lowest BCUT2D eigenvalue weighted by atomic mass is 10.1. The average molecular weight is 457 g/mol. The summed E-state index contributed by atoms with van der Waals surface area (Å²) < 4.78 is 5.71. The first-order valence-electron chi connectivity index (χ1n) is 9.94. The fourth-order valence-electron chi connectivity index (χ4n) is 3.08. The second-order valence-electron chi connectivity index (χ2n) is 7.02. The molecular weight excluding hydrogens is 432 g/mol. The Labute approximate surface area is 191 Å².